The Balaban J connectivity index is 1.46. The summed E-state index contributed by atoms with van der Waals surface area (Å²) < 4.78 is 5.35. The van der Waals surface area contributed by atoms with Crippen LogP contribution in [0.4, 0.5) is 0 Å². The van der Waals surface area contributed by atoms with E-state index in [4.69, 9.17) is 4.42 Å². The number of carbonyl (C=O) groups is 3. The summed E-state index contributed by atoms with van der Waals surface area (Å²) >= 11 is 0. The Morgan fingerprint density at radius 2 is 1.88 bits per heavy atom. The molecular formula is C25H31N3O4. The van der Waals surface area contributed by atoms with Crippen LogP contribution in [-0.4, -0.2) is 59.7 Å². The van der Waals surface area contributed by atoms with Crippen molar-refractivity contribution in [2.75, 3.05) is 20.1 Å². The van der Waals surface area contributed by atoms with Crippen LogP contribution in [0.2, 0.25) is 0 Å². The standard InChI is InChI=1S/C25H31N3O4/c1-17-20(12-15-32-17)24(30)27(2)22(16-18-6-4-3-5-7-18)19-10-13-28(14-11-19)25(31)21-8-9-23(29)26-21/h3-7,12,15,19,21-22H,8-11,13-14,16H2,1-2H3,(H,26,29)/t21-,22?/m0/s1. The van der Waals surface area contributed by atoms with Crippen LogP contribution >= 0.6 is 0 Å². The van der Waals surface area contributed by atoms with Gasteiger partial charge in [-0.05, 0) is 50.2 Å². The molecule has 7 nitrogen and oxygen atoms in total. The van der Waals surface area contributed by atoms with Crippen molar-refractivity contribution in [3.63, 3.8) is 0 Å². The van der Waals surface area contributed by atoms with Gasteiger partial charge in [-0.2, -0.15) is 0 Å². The molecule has 170 valence electrons. The van der Waals surface area contributed by atoms with Gasteiger partial charge < -0.3 is 19.5 Å². The van der Waals surface area contributed by atoms with E-state index in [1.807, 2.05) is 35.0 Å². The number of hydrogen-bond acceptors (Lipinski definition) is 4. The molecule has 2 aromatic rings. The van der Waals surface area contributed by atoms with Crippen LogP contribution < -0.4 is 5.32 Å². The average Bonchev–Trinajstić information content (AvgIpc) is 3.45. The summed E-state index contributed by atoms with van der Waals surface area (Å²) in [5, 5.41) is 2.78. The van der Waals surface area contributed by atoms with E-state index in [1.54, 1.807) is 19.3 Å². The Morgan fingerprint density at radius 3 is 2.47 bits per heavy atom. The Hall–Kier alpha value is -3.09. The Bertz CT molecular complexity index is 963. The Kier molecular flexibility index (Phi) is 6.63. The maximum atomic E-state index is 13.2. The number of furan rings is 1. The van der Waals surface area contributed by atoms with Gasteiger partial charge in [-0.15, -0.1) is 0 Å². The number of aryl methyl sites for hydroxylation is 1. The highest BCUT2D eigenvalue weighted by atomic mass is 16.3. The van der Waals surface area contributed by atoms with Gasteiger partial charge in [0.05, 0.1) is 11.8 Å². The van der Waals surface area contributed by atoms with Crippen molar-refractivity contribution in [3.05, 3.63) is 59.5 Å². The lowest BCUT2D eigenvalue weighted by atomic mass is 9.84. The molecule has 1 aromatic carbocycles. The smallest absolute Gasteiger partial charge is 0.257 e. The molecule has 3 heterocycles. The van der Waals surface area contributed by atoms with Crippen LogP contribution in [0.15, 0.2) is 47.1 Å². The summed E-state index contributed by atoms with van der Waals surface area (Å²) in [5.74, 6) is 0.838. The fourth-order valence-corrected chi connectivity index (χ4v) is 4.95. The quantitative estimate of drug-likeness (QED) is 0.753. The maximum Gasteiger partial charge on any atom is 0.257 e. The van der Waals surface area contributed by atoms with Crippen LogP contribution in [0, 0.1) is 12.8 Å². The van der Waals surface area contributed by atoms with E-state index >= 15 is 0 Å². The number of likely N-dealkylation sites (tertiary alicyclic amines) is 1. The first-order valence-electron chi connectivity index (χ1n) is 11.4. The van der Waals surface area contributed by atoms with E-state index in [0.717, 1.165) is 19.3 Å². The molecule has 32 heavy (non-hydrogen) atoms. The molecule has 0 aliphatic carbocycles. The molecule has 0 saturated carbocycles. The first-order valence-corrected chi connectivity index (χ1v) is 11.4. The fourth-order valence-electron chi connectivity index (χ4n) is 4.95. The largest absolute Gasteiger partial charge is 0.469 e. The van der Waals surface area contributed by atoms with E-state index in [2.05, 4.69) is 17.4 Å². The molecule has 7 heteroatoms. The van der Waals surface area contributed by atoms with Gasteiger partial charge in [0.25, 0.3) is 5.91 Å². The third kappa shape index (κ3) is 4.71. The zero-order chi connectivity index (χ0) is 22.7. The molecule has 2 atom stereocenters. The average molecular weight is 438 g/mol. The summed E-state index contributed by atoms with van der Waals surface area (Å²) in [4.78, 5) is 41.2. The molecular weight excluding hydrogens is 406 g/mol. The van der Waals surface area contributed by atoms with Crippen molar-refractivity contribution < 1.29 is 18.8 Å². The maximum absolute atomic E-state index is 13.2. The molecule has 1 unspecified atom stereocenters. The number of nitrogens with zero attached hydrogens (tertiary/aromatic N) is 2. The second-order valence-corrected chi connectivity index (χ2v) is 8.89. The number of piperidine rings is 1. The number of amides is 3. The second kappa shape index (κ2) is 9.59. The number of likely N-dealkylation sites (N-methyl/N-ethyl adjacent to an activating group) is 1. The van der Waals surface area contributed by atoms with Crippen LogP contribution in [0.3, 0.4) is 0 Å². The van der Waals surface area contributed by atoms with E-state index in [9.17, 15) is 14.4 Å². The van der Waals surface area contributed by atoms with E-state index in [-0.39, 0.29) is 35.7 Å². The normalized spacial score (nSPS) is 20.1. The van der Waals surface area contributed by atoms with Crippen LogP contribution in [0.1, 0.15) is 47.4 Å². The monoisotopic (exact) mass is 437 g/mol. The molecule has 0 spiro atoms. The van der Waals surface area contributed by atoms with Crippen molar-refractivity contribution in [3.8, 4) is 0 Å². The summed E-state index contributed by atoms with van der Waals surface area (Å²) in [6.07, 6.45) is 4.96. The molecule has 3 amide bonds. The van der Waals surface area contributed by atoms with Gasteiger partial charge in [0.15, 0.2) is 0 Å². The molecule has 1 aromatic heterocycles. The van der Waals surface area contributed by atoms with Gasteiger partial charge >= 0.3 is 0 Å². The first-order chi connectivity index (χ1) is 15.4. The molecule has 0 bridgehead atoms. The number of benzene rings is 1. The second-order valence-electron chi connectivity index (χ2n) is 8.89. The van der Waals surface area contributed by atoms with Crippen LogP contribution in [0.5, 0.6) is 0 Å². The van der Waals surface area contributed by atoms with E-state index in [1.165, 1.54) is 5.56 Å². The molecule has 0 radical (unpaired) electrons. The minimum absolute atomic E-state index is 0.0163. The molecule has 4 rings (SSSR count). The third-order valence-corrected chi connectivity index (χ3v) is 6.88. The lowest BCUT2D eigenvalue weighted by Gasteiger charge is -2.40. The zero-order valence-electron chi connectivity index (χ0n) is 18.8. The summed E-state index contributed by atoms with van der Waals surface area (Å²) in [7, 11) is 1.87. The van der Waals surface area contributed by atoms with Gasteiger partial charge in [0, 0.05) is 32.6 Å². The number of hydrogen-bond donors (Lipinski definition) is 1. The van der Waals surface area contributed by atoms with E-state index < -0.39 is 0 Å². The lowest BCUT2D eigenvalue weighted by molar-refractivity contribution is -0.135. The number of rotatable bonds is 6. The fraction of sp³-hybridized carbons (Fsp3) is 0.480. The third-order valence-electron chi connectivity index (χ3n) is 6.88. The SMILES string of the molecule is Cc1occc1C(=O)N(C)C(Cc1ccccc1)C1CCN(C(=O)[C@@H]2CCC(=O)N2)CC1. The van der Waals surface area contributed by atoms with Crippen molar-refractivity contribution in [2.45, 2.75) is 51.1 Å². The predicted octanol–water partition coefficient (Wildman–Crippen LogP) is 2.79. The molecule has 2 aliphatic heterocycles. The predicted molar refractivity (Wildman–Crippen MR) is 120 cm³/mol. The van der Waals surface area contributed by atoms with Gasteiger partial charge in [0.2, 0.25) is 11.8 Å². The first kappa shape index (κ1) is 22.1. The highest BCUT2D eigenvalue weighted by molar-refractivity contribution is 5.95. The molecule has 1 N–H and O–H groups in total. The minimum Gasteiger partial charge on any atom is -0.469 e. The highest BCUT2D eigenvalue weighted by Gasteiger charge is 2.36. The molecule has 2 aliphatic rings. The van der Waals surface area contributed by atoms with Crippen molar-refractivity contribution >= 4 is 17.7 Å². The summed E-state index contributed by atoms with van der Waals surface area (Å²) in [6, 6.07) is 11.6. The number of nitrogens with one attached hydrogen (secondary N) is 1. The van der Waals surface area contributed by atoms with Gasteiger partial charge in [-0.1, -0.05) is 30.3 Å². The zero-order valence-corrected chi connectivity index (χ0v) is 18.8. The Morgan fingerprint density at radius 1 is 1.16 bits per heavy atom. The molecule has 2 fully saturated rings. The van der Waals surface area contributed by atoms with Gasteiger partial charge in [-0.25, -0.2) is 0 Å². The van der Waals surface area contributed by atoms with Gasteiger partial charge in [0.1, 0.15) is 11.8 Å². The topological polar surface area (TPSA) is 82.9 Å². The van der Waals surface area contributed by atoms with E-state index in [0.29, 0.717) is 37.3 Å². The van der Waals surface area contributed by atoms with Crippen LogP contribution in [-0.2, 0) is 16.0 Å². The lowest BCUT2D eigenvalue weighted by Crippen LogP contribution is -2.51. The number of carbonyl (C=O) groups excluding carboxylic acids is 3. The Labute approximate surface area is 188 Å². The molecule has 2 saturated heterocycles. The van der Waals surface area contributed by atoms with Crippen molar-refractivity contribution in [2.24, 2.45) is 5.92 Å². The van der Waals surface area contributed by atoms with Crippen LogP contribution in [0.25, 0.3) is 0 Å². The van der Waals surface area contributed by atoms with Crippen molar-refractivity contribution in [1.82, 2.24) is 15.1 Å². The summed E-state index contributed by atoms with van der Waals surface area (Å²) in [6.45, 7) is 3.10. The minimum atomic E-state index is -0.382. The van der Waals surface area contributed by atoms with Crippen molar-refractivity contribution in [1.29, 1.82) is 0 Å². The van der Waals surface area contributed by atoms with Gasteiger partial charge in [-0.3, -0.25) is 14.4 Å². The summed E-state index contributed by atoms with van der Waals surface area (Å²) in [5.41, 5.74) is 1.78. The highest BCUT2D eigenvalue weighted by Crippen LogP contribution is 2.28.